The van der Waals surface area contributed by atoms with Gasteiger partial charge < -0.3 is 0 Å². The van der Waals surface area contributed by atoms with E-state index in [0.717, 1.165) is 12.1 Å². The summed E-state index contributed by atoms with van der Waals surface area (Å²) >= 11 is 0. The highest BCUT2D eigenvalue weighted by molar-refractivity contribution is 5.26. The van der Waals surface area contributed by atoms with Crippen LogP contribution in [0.4, 0.5) is 13.2 Å². The Balaban J connectivity index is 2.82. The molecule has 0 fully saturated rings. The SMILES string of the molecule is C#CCC(Cc1cccc(C(F)(F)F)c1)NN. The number of rotatable bonds is 4. The number of alkyl halides is 3. The number of hydrogen-bond donors (Lipinski definition) is 2. The van der Waals surface area contributed by atoms with E-state index in [1.54, 1.807) is 6.07 Å². The summed E-state index contributed by atoms with van der Waals surface area (Å²) in [6.45, 7) is 0. The van der Waals surface area contributed by atoms with Gasteiger partial charge in [0.1, 0.15) is 0 Å². The molecule has 2 nitrogen and oxygen atoms in total. The van der Waals surface area contributed by atoms with Gasteiger partial charge in [0.2, 0.25) is 0 Å². The Morgan fingerprint density at radius 1 is 1.41 bits per heavy atom. The first kappa shape index (κ1) is 13.6. The van der Waals surface area contributed by atoms with Crippen LogP contribution < -0.4 is 11.3 Å². The summed E-state index contributed by atoms with van der Waals surface area (Å²) < 4.78 is 37.4. The Morgan fingerprint density at radius 2 is 2.12 bits per heavy atom. The molecule has 0 spiro atoms. The van der Waals surface area contributed by atoms with Crippen molar-refractivity contribution in [3.8, 4) is 12.3 Å². The van der Waals surface area contributed by atoms with E-state index in [0.29, 0.717) is 18.4 Å². The fourth-order valence-electron chi connectivity index (χ4n) is 1.49. The first-order chi connectivity index (χ1) is 7.97. The Morgan fingerprint density at radius 3 is 2.65 bits per heavy atom. The molecular weight excluding hydrogens is 229 g/mol. The molecule has 0 bridgehead atoms. The van der Waals surface area contributed by atoms with Gasteiger partial charge in [0, 0.05) is 12.5 Å². The Hall–Kier alpha value is -1.51. The van der Waals surface area contributed by atoms with Crippen molar-refractivity contribution in [3.05, 3.63) is 35.4 Å². The van der Waals surface area contributed by atoms with Crippen LogP contribution in [0.5, 0.6) is 0 Å². The highest BCUT2D eigenvalue weighted by atomic mass is 19.4. The second-order valence-electron chi connectivity index (χ2n) is 3.67. The minimum absolute atomic E-state index is 0.219. The van der Waals surface area contributed by atoms with Crippen LogP contribution in [-0.4, -0.2) is 6.04 Å². The second-order valence-corrected chi connectivity index (χ2v) is 3.67. The van der Waals surface area contributed by atoms with E-state index >= 15 is 0 Å². The van der Waals surface area contributed by atoms with Crippen LogP contribution in [0.2, 0.25) is 0 Å². The van der Waals surface area contributed by atoms with Crippen molar-refractivity contribution in [2.45, 2.75) is 25.1 Å². The third kappa shape index (κ3) is 4.10. The number of nitrogens with one attached hydrogen (secondary N) is 1. The van der Waals surface area contributed by atoms with Crippen LogP contribution >= 0.6 is 0 Å². The summed E-state index contributed by atoms with van der Waals surface area (Å²) in [6.07, 6.45) is 1.54. The largest absolute Gasteiger partial charge is 0.416 e. The van der Waals surface area contributed by atoms with Gasteiger partial charge in [-0.15, -0.1) is 12.3 Å². The molecule has 3 N–H and O–H groups in total. The fraction of sp³-hybridized carbons (Fsp3) is 0.333. The second kappa shape index (κ2) is 5.71. The number of benzene rings is 1. The van der Waals surface area contributed by atoms with E-state index in [1.165, 1.54) is 6.07 Å². The molecule has 1 aromatic carbocycles. The molecule has 0 saturated heterocycles. The van der Waals surface area contributed by atoms with Crippen molar-refractivity contribution in [2.75, 3.05) is 0 Å². The molecule has 0 aliphatic heterocycles. The normalized spacial score (nSPS) is 13.1. The average molecular weight is 242 g/mol. The van der Waals surface area contributed by atoms with E-state index in [1.807, 2.05) is 0 Å². The van der Waals surface area contributed by atoms with Crippen LogP contribution in [0.15, 0.2) is 24.3 Å². The number of hydrogen-bond acceptors (Lipinski definition) is 2. The number of halogens is 3. The average Bonchev–Trinajstić information content (AvgIpc) is 2.28. The third-order valence-electron chi connectivity index (χ3n) is 2.34. The molecule has 92 valence electrons. The minimum atomic E-state index is -4.33. The van der Waals surface area contributed by atoms with Crippen molar-refractivity contribution in [2.24, 2.45) is 5.84 Å². The van der Waals surface area contributed by atoms with Gasteiger partial charge in [-0.05, 0) is 18.1 Å². The standard InChI is InChI=1S/C12H13F3N2/c1-2-4-11(17-16)8-9-5-3-6-10(7-9)12(13,14)15/h1,3,5-7,11,17H,4,8,16H2. The number of nitrogens with two attached hydrogens (primary N) is 1. The topological polar surface area (TPSA) is 38.0 Å². The van der Waals surface area contributed by atoms with Crippen molar-refractivity contribution < 1.29 is 13.2 Å². The maximum Gasteiger partial charge on any atom is 0.416 e. The molecule has 17 heavy (non-hydrogen) atoms. The van der Waals surface area contributed by atoms with Gasteiger partial charge in [-0.1, -0.05) is 18.2 Å². The van der Waals surface area contributed by atoms with E-state index in [2.05, 4.69) is 11.3 Å². The van der Waals surface area contributed by atoms with Crippen LogP contribution in [0.1, 0.15) is 17.5 Å². The first-order valence-electron chi connectivity index (χ1n) is 5.03. The molecule has 0 saturated carbocycles. The van der Waals surface area contributed by atoms with Gasteiger partial charge in [-0.3, -0.25) is 11.3 Å². The maximum absolute atomic E-state index is 12.5. The zero-order valence-corrected chi connectivity index (χ0v) is 9.09. The molecule has 0 aromatic heterocycles. The lowest BCUT2D eigenvalue weighted by atomic mass is 10.0. The molecule has 1 rings (SSSR count). The van der Waals surface area contributed by atoms with E-state index in [4.69, 9.17) is 12.3 Å². The summed E-state index contributed by atoms with van der Waals surface area (Å²) in [4.78, 5) is 0. The molecule has 1 unspecified atom stereocenters. The van der Waals surface area contributed by atoms with Gasteiger partial charge in [-0.25, -0.2) is 0 Å². The van der Waals surface area contributed by atoms with Gasteiger partial charge in [0.25, 0.3) is 0 Å². The van der Waals surface area contributed by atoms with Crippen LogP contribution in [-0.2, 0) is 12.6 Å². The van der Waals surface area contributed by atoms with Gasteiger partial charge in [0.15, 0.2) is 0 Å². The van der Waals surface area contributed by atoms with Crippen molar-refractivity contribution >= 4 is 0 Å². The maximum atomic E-state index is 12.5. The molecule has 5 heteroatoms. The Labute approximate surface area is 98.0 Å². The molecule has 0 amide bonds. The highest BCUT2D eigenvalue weighted by Gasteiger charge is 2.30. The lowest BCUT2D eigenvalue weighted by Gasteiger charge is -2.14. The number of terminal acetylenes is 1. The smallest absolute Gasteiger partial charge is 0.271 e. The van der Waals surface area contributed by atoms with Gasteiger partial charge in [-0.2, -0.15) is 13.2 Å². The summed E-state index contributed by atoms with van der Waals surface area (Å²) in [7, 11) is 0. The first-order valence-corrected chi connectivity index (χ1v) is 5.03. The van der Waals surface area contributed by atoms with Crippen LogP contribution in [0, 0.1) is 12.3 Å². The summed E-state index contributed by atoms with van der Waals surface area (Å²) in [5, 5.41) is 0. The van der Waals surface area contributed by atoms with Crippen molar-refractivity contribution in [3.63, 3.8) is 0 Å². The predicted octanol–water partition coefficient (Wildman–Crippen LogP) is 2.10. The zero-order valence-electron chi connectivity index (χ0n) is 9.09. The fourth-order valence-corrected chi connectivity index (χ4v) is 1.49. The Bertz CT molecular complexity index is 407. The van der Waals surface area contributed by atoms with Gasteiger partial charge >= 0.3 is 6.18 Å². The monoisotopic (exact) mass is 242 g/mol. The lowest BCUT2D eigenvalue weighted by Crippen LogP contribution is -2.36. The van der Waals surface area contributed by atoms with Gasteiger partial charge in [0.05, 0.1) is 5.56 Å². The Kier molecular flexibility index (Phi) is 4.55. The van der Waals surface area contributed by atoms with E-state index in [9.17, 15) is 13.2 Å². The molecular formula is C12H13F3N2. The molecule has 1 aromatic rings. The van der Waals surface area contributed by atoms with Crippen LogP contribution in [0.3, 0.4) is 0 Å². The quantitative estimate of drug-likeness (QED) is 0.482. The predicted molar refractivity (Wildman–Crippen MR) is 59.7 cm³/mol. The van der Waals surface area contributed by atoms with Crippen molar-refractivity contribution in [1.82, 2.24) is 5.43 Å². The minimum Gasteiger partial charge on any atom is -0.271 e. The number of hydrazine groups is 1. The van der Waals surface area contributed by atoms with E-state index in [-0.39, 0.29) is 6.04 Å². The lowest BCUT2D eigenvalue weighted by molar-refractivity contribution is -0.137. The molecule has 0 aliphatic carbocycles. The third-order valence-corrected chi connectivity index (χ3v) is 2.34. The van der Waals surface area contributed by atoms with Crippen LogP contribution in [0.25, 0.3) is 0 Å². The summed E-state index contributed by atoms with van der Waals surface area (Å²) in [5.41, 5.74) is 2.38. The molecule has 0 aliphatic rings. The molecule has 1 atom stereocenters. The van der Waals surface area contributed by atoms with Crippen molar-refractivity contribution in [1.29, 1.82) is 0 Å². The molecule has 0 heterocycles. The van der Waals surface area contributed by atoms with E-state index < -0.39 is 11.7 Å². The zero-order chi connectivity index (χ0) is 12.9. The summed E-state index contributed by atoms with van der Waals surface area (Å²) in [5.74, 6) is 7.68. The highest BCUT2D eigenvalue weighted by Crippen LogP contribution is 2.29. The molecule has 0 radical (unpaired) electrons. The summed E-state index contributed by atoms with van der Waals surface area (Å²) in [6, 6.07) is 4.93.